The second kappa shape index (κ2) is 5.26. The number of aliphatic hydroxyl groups is 1. The van der Waals surface area contributed by atoms with E-state index in [1.54, 1.807) is 7.11 Å². The summed E-state index contributed by atoms with van der Waals surface area (Å²) in [4.78, 5) is 9.07. The van der Waals surface area contributed by atoms with E-state index >= 15 is 0 Å². The Morgan fingerprint density at radius 3 is 3.18 bits per heavy atom. The molecule has 0 radical (unpaired) electrons. The molecule has 4 N–H and O–H groups in total. The van der Waals surface area contributed by atoms with Gasteiger partial charge >= 0.3 is 0 Å². The number of nitrogen functional groups attached to an aromatic ring is 1. The number of rotatable bonds is 5. The van der Waals surface area contributed by atoms with Crippen LogP contribution in [0.4, 0.5) is 11.8 Å². The summed E-state index contributed by atoms with van der Waals surface area (Å²) < 4.78 is 4.84. The Hall–Kier alpha value is -1.44. The number of nitrogens with one attached hydrogen (secondary N) is 1. The fraction of sp³-hybridized carbons (Fsp3) is 0.400. The maximum atomic E-state index is 9.54. The highest BCUT2D eigenvalue weighted by molar-refractivity contribution is 7.16. The molecule has 1 atom stereocenters. The van der Waals surface area contributed by atoms with E-state index in [2.05, 4.69) is 15.3 Å². The van der Waals surface area contributed by atoms with E-state index in [9.17, 15) is 5.11 Å². The predicted molar refractivity (Wildman–Crippen MR) is 68.2 cm³/mol. The minimum absolute atomic E-state index is 0.226. The number of anilines is 2. The van der Waals surface area contributed by atoms with Crippen LogP contribution in [0.3, 0.4) is 0 Å². The van der Waals surface area contributed by atoms with E-state index in [4.69, 9.17) is 10.5 Å². The van der Waals surface area contributed by atoms with Crippen molar-refractivity contribution in [1.82, 2.24) is 9.97 Å². The number of fused-ring (bicyclic) bond motifs is 1. The molecular weight excluding hydrogens is 240 g/mol. The predicted octanol–water partition coefficient (Wildman–Crippen LogP) is 0.693. The lowest BCUT2D eigenvalue weighted by atomic mass is 10.3. The summed E-state index contributed by atoms with van der Waals surface area (Å²) in [6.45, 7) is 0.635. The van der Waals surface area contributed by atoms with Gasteiger partial charge in [-0.3, -0.25) is 0 Å². The third-order valence-corrected chi connectivity index (χ3v) is 3.01. The molecule has 2 aromatic rings. The van der Waals surface area contributed by atoms with Gasteiger partial charge in [0.25, 0.3) is 0 Å². The number of ether oxygens (including phenoxy) is 1. The molecule has 1 unspecified atom stereocenters. The van der Waals surface area contributed by atoms with Gasteiger partial charge in [-0.25, -0.2) is 4.98 Å². The van der Waals surface area contributed by atoms with Gasteiger partial charge in [0, 0.05) is 13.7 Å². The second-order valence-corrected chi connectivity index (χ2v) is 4.45. The summed E-state index contributed by atoms with van der Waals surface area (Å²) >= 11 is 1.50. The summed E-state index contributed by atoms with van der Waals surface area (Å²) in [5, 5.41) is 15.4. The largest absolute Gasteiger partial charge is 0.389 e. The number of nitrogens with two attached hydrogens (primary N) is 1. The minimum atomic E-state index is -0.579. The molecule has 0 aromatic carbocycles. The number of aromatic nitrogens is 2. The first-order valence-corrected chi connectivity index (χ1v) is 6.00. The lowest BCUT2D eigenvalue weighted by molar-refractivity contribution is 0.0727. The molecule has 0 amide bonds. The fourth-order valence-corrected chi connectivity index (χ4v) is 2.24. The molecule has 2 aromatic heterocycles. The van der Waals surface area contributed by atoms with Crippen molar-refractivity contribution in [3.8, 4) is 0 Å². The van der Waals surface area contributed by atoms with Gasteiger partial charge in [0.05, 0.1) is 18.1 Å². The quantitative estimate of drug-likeness (QED) is 0.727. The molecule has 17 heavy (non-hydrogen) atoms. The highest BCUT2D eigenvalue weighted by Crippen LogP contribution is 2.25. The molecule has 0 bridgehead atoms. The van der Waals surface area contributed by atoms with Crippen molar-refractivity contribution < 1.29 is 9.84 Å². The average molecular weight is 254 g/mol. The zero-order valence-corrected chi connectivity index (χ0v) is 10.2. The fourth-order valence-electron chi connectivity index (χ4n) is 1.47. The Morgan fingerprint density at radius 1 is 1.59 bits per heavy atom. The number of hydrogen-bond acceptors (Lipinski definition) is 7. The lowest BCUT2D eigenvalue weighted by Gasteiger charge is -2.11. The van der Waals surface area contributed by atoms with Gasteiger partial charge < -0.3 is 20.9 Å². The van der Waals surface area contributed by atoms with E-state index in [1.807, 2.05) is 11.4 Å². The Balaban J connectivity index is 2.14. The molecule has 6 nitrogen and oxygen atoms in total. The summed E-state index contributed by atoms with van der Waals surface area (Å²) in [6, 6.07) is 1.92. The average Bonchev–Trinajstić information content (AvgIpc) is 2.74. The highest BCUT2D eigenvalue weighted by Gasteiger charge is 2.09. The van der Waals surface area contributed by atoms with Crippen LogP contribution in [0.5, 0.6) is 0 Å². The topological polar surface area (TPSA) is 93.3 Å². The minimum Gasteiger partial charge on any atom is -0.389 e. The van der Waals surface area contributed by atoms with Crippen molar-refractivity contribution in [2.45, 2.75) is 6.10 Å². The van der Waals surface area contributed by atoms with Crippen molar-refractivity contribution >= 4 is 33.3 Å². The zero-order valence-electron chi connectivity index (χ0n) is 9.38. The first kappa shape index (κ1) is 12.0. The van der Waals surface area contributed by atoms with Crippen LogP contribution in [0.2, 0.25) is 0 Å². The molecule has 92 valence electrons. The van der Waals surface area contributed by atoms with Crippen LogP contribution in [0.15, 0.2) is 11.4 Å². The highest BCUT2D eigenvalue weighted by atomic mass is 32.1. The van der Waals surface area contributed by atoms with Crippen molar-refractivity contribution in [2.75, 3.05) is 31.3 Å². The molecule has 2 heterocycles. The van der Waals surface area contributed by atoms with Crippen LogP contribution in [0.1, 0.15) is 0 Å². The summed E-state index contributed by atoms with van der Waals surface area (Å²) in [6.07, 6.45) is -0.579. The van der Waals surface area contributed by atoms with Crippen LogP contribution in [0, 0.1) is 0 Å². The molecule has 0 aliphatic heterocycles. The molecule has 0 saturated carbocycles. The van der Waals surface area contributed by atoms with Gasteiger partial charge in [-0.05, 0) is 11.4 Å². The SMILES string of the molecule is COCC(O)CNc1nc(N)nc2sccc12. The van der Waals surface area contributed by atoms with Gasteiger partial charge in [-0.1, -0.05) is 0 Å². The standard InChI is InChI=1S/C10H14N4O2S/c1-16-5-6(15)4-12-8-7-2-3-17-9(7)14-10(11)13-8/h2-3,6,15H,4-5H2,1H3,(H3,11,12,13,14). The summed E-state index contributed by atoms with van der Waals surface area (Å²) in [7, 11) is 1.54. The maximum Gasteiger partial charge on any atom is 0.223 e. The molecule has 2 rings (SSSR count). The van der Waals surface area contributed by atoms with Crippen molar-refractivity contribution in [1.29, 1.82) is 0 Å². The van der Waals surface area contributed by atoms with Gasteiger partial charge in [0.1, 0.15) is 10.6 Å². The normalized spacial score (nSPS) is 12.8. The Morgan fingerprint density at radius 2 is 2.41 bits per heavy atom. The van der Waals surface area contributed by atoms with Crippen molar-refractivity contribution in [3.63, 3.8) is 0 Å². The third-order valence-electron chi connectivity index (χ3n) is 2.21. The van der Waals surface area contributed by atoms with Crippen LogP contribution in [-0.4, -0.2) is 41.4 Å². The van der Waals surface area contributed by atoms with Gasteiger partial charge in [0.15, 0.2) is 0 Å². The molecular formula is C10H14N4O2S. The number of aliphatic hydroxyl groups excluding tert-OH is 1. The summed E-state index contributed by atoms with van der Waals surface area (Å²) in [5.41, 5.74) is 5.61. The zero-order chi connectivity index (χ0) is 12.3. The first-order chi connectivity index (χ1) is 8.20. The summed E-state index contributed by atoms with van der Waals surface area (Å²) in [5.74, 6) is 0.868. The van der Waals surface area contributed by atoms with Crippen molar-refractivity contribution in [3.05, 3.63) is 11.4 Å². The van der Waals surface area contributed by atoms with Crippen molar-refractivity contribution in [2.24, 2.45) is 0 Å². The molecule has 7 heteroatoms. The van der Waals surface area contributed by atoms with E-state index in [0.29, 0.717) is 12.4 Å². The van der Waals surface area contributed by atoms with E-state index < -0.39 is 6.10 Å². The first-order valence-electron chi connectivity index (χ1n) is 5.12. The maximum absolute atomic E-state index is 9.54. The number of hydrogen-bond donors (Lipinski definition) is 3. The molecule has 0 spiro atoms. The van der Waals surface area contributed by atoms with Gasteiger partial charge in [0.2, 0.25) is 5.95 Å². The number of methoxy groups -OCH3 is 1. The van der Waals surface area contributed by atoms with E-state index in [0.717, 1.165) is 10.2 Å². The van der Waals surface area contributed by atoms with Gasteiger partial charge in [-0.15, -0.1) is 11.3 Å². The second-order valence-electron chi connectivity index (χ2n) is 3.56. The molecule has 0 aliphatic carbocycles. The Bertz CT molecular complexity index is 502. The molecule has 0 saturated heterocycles. The van der Waals surface area contributed by atoms with Crippen LogP contribution in [-0.2, 0) is 4.74 Å². The smallest absolute Gasteiger partial charge is 0.223 e. The van der Waals surface area contributed by atoms with Gasteiger partial charge in [-0.2, -0.15) is 4.98 Å². The Labute approximate surface area is 102 Å². The van der Waals surface area contributed by atoms with Crippen LogP contribution >= 0.6 is 11.3 Å². The molecule has 0 aliphatic rings. The monoisotopic (exact) mass is 254 g/mol. The Kier molecular flexibility index (Phi) is 3.72. The number of nitrogens with zero attached hydrogens (tertiary/aromatic N) is 2. The van der Waals surface area contributed by atoms with E-state index in [-0.39, 0.29) is 12.6 Å². The third kappa shape index (κ3) is 2.82. The van der Waals surface area contributed by atoms with E-state index in [1.165, 1.54) is 11.3 Å². The molecule has 0 fully saturated rings. The lowest BCUT2D eigenvalue weighted by Crippen LogP contribution is -2.24. The van der Waals surface area contributed by atoms with Crippen LogP contribution in [0.25, 0.3) is 10.2 Å². The van der Waals surface area contributed by atoms with Crippen LogP contribution < -0.4 is 11.1 Å². The number of thiophene rings is 1.